The predicted octanol–water partition coefficient (Wildman–Crippen LogP) is 5.26. The van der Waals surface area contributed by atoms with Gasteiger partial charge in [-0.1, -0.05) is 53.0 Å². The highest BCUT2D eigenvalue weighted by Crippen LogP contribution is 2.26. The molecule has 0 aromatic heterocycles. The van der Waals surface area contributed by atoms with E-state index in [0.717, 1.165) is 21.0 Å². The molecule has 0 spiro atoms. The Hall–Kier alpha value is -2.87. The first-order valence-corrected chi connectivity index (χ1v) is 12.2. The zero-order valence-electron chi connectivity index (χ0n) is 18.3. The molecule has 0 heterocycles. The molecule has 172 valence electrons. The Morgan fingerprint density at radius 3 is 2.27 bits per heavy atom. The third-order valence-electron chi connectivity index (χ3n) is 5.02. The Morgan fingerprint density at radius 2 is 1.64 bits per heavy atom. The molecule has 0 saturated heterocycles. The molecule has 3 aromatic rings. The van der Waals surface area contributed by atoms with Crippen LogP contribution in [0.1, 0.15) is 22.3 Å². The highest BCUT2D eigenvalue weighted by Gasteiger charge is 2.27. The average Bonchev–Trinajstić information content (AvgIpc) is 2.77. The molecular weight excluding hydrogens is 481 g/mol. The SMILES string of the molecule is Cc1ccc(S(=O)(=O)N(CC(=O)N/N=C\c2ccc(Cl)c(Cl)c2)c2ccc(C)c(C)c2)cc1. The van der Waals surface area contributed by atoms with Crippen LogP contribution in [-0.2, 0) is 14.8 Å². The van der Waals surface area contributed by atoms with E-state index in [0.29, 0.717) is 21.3 Å². The zero-order chi connectivity index (χ0) is 24.2. The smallest absolute Gasteiger partial charge is 0.264 e. The second-order valence-electron chi connectivity index (χ2n) is 7.56. The van der Waals surface area contributed by atoms with Gasteiger partial charge in [0.1, 0.15) is 6.54 Å². The number of carbonyl (C=O) groups excluding carboxylic acids is 1. The van der Waals surface area contributed by atoms with Gasteiger partial charge in [0.15, 0.2) is 0 Å². The van der Waals surface area contributed by atoms with E-state index in [1.54, 1.807) is 42.5 Å². The number of hydrogen-bond acceptors (Lipinski definition) is 4. The van der Waals surface area contributed by atoms with Crippen molar-refractivity contribution in [2.45, 2.75) is 25.7 Å². The van der Waals surface area contributed by atoms with Crippen LogP contribution in [0.3, 0.4) is 0 Å². The Kier molecular flexibility index (Phi) is 7.79. The van der Waals surface area contributed by atoms with Crippen LogP contribution in [0.25, 0.3) is 0 Å². The van der Waals surface area contributed by atoms with Crippen LogP contribution in [0.5, 0.6) is 0 Å². The van der Waals surface area contributed by atoms with Crippen LogP contribution in [0.4, 0.5) is 5.69 Å². The number of rotatable bonds is 7. The lowest BCUT2D eigenvalue weighted by Crippen LogP contribution is -2.39. The van der Waals surface area contributed by atoms with Gasteiger partial charge in [-0.05, 0) is 73.9 Å². The van der Waals surface area contributed by atoms with Crippen LogP contribution in [0.2, 0.25) is 10.0 Å². The quantitative estimate of drug-likeness (QED) is 0.352. The number of hydrazone groups is 1. The van der Waals surface area contributed by atoms with Gasteiger partial charge in [0.05, 0.1) is 26.8 Å². The predicted molar refractivity (Wildman–Crippen MR) is 134 cm³/mol. The number of benzene rings is 3. The molecule has 9 heteroatoms. The average molecular weight is 504 g/mol. The summed E-state index contributed by atoms with van der Waals surface area (Å²) >= 11 is 11.9. The molecule has 0 unspecified atom stereocenters. The van der Waals surface area contributed by atoms with Gasteiger partial charge in [0, 0.05) is 0 Å². The molecule has 1 amide bonds. The molecule has 0 radical (unpaired) electrons. The summed E-state index contributed by atoms with van der Waals surface area (Å²) in [5.74, 6) is -0.597. The fraction of sp³-hybridized carbons (Fsp3) is 0.167. The molecule has 0 aliphatic rings. The zero-order valence-corrected chi connectivity index (χ0v) is 20.7. The van der Waals surface area contributed by atoms with Crippen LogP contribution in [0, 0.1) is 20.8 Å². The maximum Gasteiger partial charge on any atom is 0.264 e. The summed E-state index contributed by atoms with van der Waals surface area (Å²) in [5.41, 5.74) is 6.25. The fourth-order valence-corrected chi connectivity index (χ4v) is 4.69. The first-order chi connectivity index (χ1) is 15.6. The first kappa shape index (κ1) is 24.8. The van der Waals surface area contributed by atoms with Crippen LogP contribution >= 0.6 is 23.2 Å². The van der Waals surface area contributed by atoms with Crippen molar-refractivity contribution < 1.29 is 13.2 Å². The normalized spacial score (nSPS) is 11.5. The van der Waals surface area contributed by atoms with Crippen molar-refractivity contribution in [3.05, 3.63) is 93.0 Å². The largest absolute Gasteiger partial charge is 0.271 e. The van der Waals surface area contributed by atoms with Crippen LogP contribution in [-0.4, -0.2) is 27.1 Å². The van der Waals surface area contributed by atoms with E-state index in [2.05, 4.69) is 10.5 Å². The maximum absolute atomic E-state index is 13.4. The van der Waals surface area contributed by atoms with Crippen LogP contribution < -0.4 is 9.73 Å². The molecule has 3 aromatic carbocycles. The van der Waals surface area contributed by atoms with E-state index in [-0.39, 0.29) is 4.90 Å². The van der Waals surface area contributed by atoms with E-state index in [4.69, 9.17) is 23.2 Å². The lowest BCUT2D eigenvalue weighted by molar-refractivity contribution is -0.119. The lowest BCUT2D eigenvalue weighted by atomic mass is 10.1. The highest BCUT2D eigenvalue weighted by atomic mass is 35.5. The van der Waals surface area contributed by atoms with Gasteiger partial charge >= 0.3 is 0 Å². The molecule has 0 atom stereocenters. The van der Waals surface area contributed by atoms with Gasteiger partial charge < -0.3 is 0 Å². The monoisotopic (exact) mass is 503 g/mol. The summed E-state index contributed by atoms with van der Waals surface area (Å²) in [6.45, 7) is 5.24. The number of nitrogens with zero attached hydrogens (tertiary/aromatic N) is 2. The minimum Gasteiger partial charge on any atom is -0.271 e. The van der Waals surface area contributed by atoms with Gasteiger partial charge in [-0.25, -0.2) is 13.8 Å². The third-order valence-corrected chi connectivity index (χ3v) is 7.55. The van der Waals surface area contributed by atoms with E-state index < -0.39 is 22.5 Å². The van der Waals surface area contributed by atoms with E-state index in [1.165, 1.54) is 18.3 Å². The maximum atomic E-state index is 13.4. The van der Waals surface area contributed by atoms with Crippen molar-refractivity contribution in [1.29, 1.82) is 0 Å². The summed E-state index contributed by atoms with van der Waals surface area (Å²) in [5, 5.41) is 4.67. The number of amides is 1. The van der Waals surface area contributed by atoms with Crippen molar-refractivity contribution >= 4 is 51.0 Å². The van der Waals surface area contributed by atoms with Crippen molar-refractivity contribution in [2.75, 3.05) is 10.8 Å². The number of carbonyl (C=O) groups is 1. The topological polar surface area (TPSA) is 78.8 Å². The number of nitrogens with one attached hydrogen (secondary N) is 1. The standard InChI is InChI=1S/C24H23Cl2N3O3S/c1-16-4-9-21(10-5-16)33(31,32)29(20-8-6-17(2)18(3)12-20)15-24(30)28-27-14-19-7-11-22(25)23(26)13-19/h4-14H,15H2,1-3H3,(H,28,30)/b27-14-. The summed E-state index contributed by atoms with van der Waals surface area (Å²) in [7, 11) is -3.99. The van der Waals surface area contributed by atoms with Gasteiger partial charge in [0.2, 0.25) is 0 Å². The lowest BCUT2D eigenvalue weighted by Gasteiger charge is -2.24. The third kappa shape index (κ3) is 6.13. The minimum absolute atomic E-state index is 0.0958. The summed E-state index contributed by atoms with van der Waals surface area (Å²) < 4.78 is 27.9. The Bertz CT molecular complexity index is 1310. The molecule has 0 bridgehead atoms. The molecular formula is C24H23Cl2N3O3S. The second-order valence-corrected chi connectivity index (χ2v) is 10.2. The molecule has 3 rings (SSSR count). The molecule has 6 nitrogen and oxygen atoms in total. The van der Waals surface area contributed by atoms with Gasteiger partial charge in [-0.15, -0.1) is 0 Å². The van der Waals surface area contributed by atoms with Crippen molar-refractivity contribution in [3.8, 4) is 0 Å². The fourth-order valence-electron chi connectivity index (χ4n) is 2.97. The Labute approximate surface area is 203 Å². The molecule has 0 saturated carbocycles. The van der Waals surface area contributed by atoms with Gasteiger partial charge in [0.25, 0.3) is 15.9 Å². The van der Waals surface area contributed by atoms with Gasteiger partial charge in [-0.3, -0.25) is 9.10 Å². The number of aryl methyl sites for hydroxylation is 3. The number of anilines is 1. The second kappa shape index (κ2) is 10.4. The first-order valence-electron chi connectivity index (χ1n) is 10.0. The number of sulfonamides is 1. The summed E-state index contributed by atoms with van der Waals surface area (Å²) in [6.07, 6.45) is 1.40. The number of halogens is 2. The van der Waals surface area contributed by atoms with Crippen LogP contribution in [0.15, 0.2) is 70.7 Å². The van der Waals surface area contributed by atoms with E-state index >= 15 is 0 Å². The molecule has 0 fully saturated rings. The molecule has 1 N–H and O–H groups in total. The number of hydrogen-bond donors (Lipinski definition) is 1. The van der Waals surface area contributed by atoms with Crippen molar-refractivity contribution in [1.82, 2.24) is 5.43 Å². The molecule has 0 aliphatic heterocycles. The summed E-state index contributed by atoms with van der Waals surface area (Å²) in [6, 6.07) is 16.6. The summed E-state index contributed by atoms with van der Waals surface area (Å²) in [4.78, 5) is 12.7. The Balaban J connectivity index is 1.86. The molecule has 0 aliphatic carbocycles. The Morgan fingerprint density at radius 1 is 0.939 bits per heavy atom. The van der Waals surface area contributed by atoms with E-state index in [9.17, 15) is 13.2 Å². The van der Waals surface area contributed by atoms with Crippen molar-refractivity contribution in [3.63, 3.8) is 0 Å². The van der Waals surface area contributed by atoms with Gasteiger partial charge in [-0.2, -0.15) is 5.10 Å². The molecule has 33 heavy (non-hydrogen) atoms. The van der Waals surface area contributed by atoms with Crippen molar-refractivity contribution in [2.24, 2.45) is 5.10 Å². The van der Waals surface area contributed by atoms with E-state index in [1.807, 2.05) is 26.8 Å². The minimum atomic E-state index is -3.99. The highest BCUT2D eigenvalue weighted by molar-refractivity contribution is 7.92.